The summed E-state index contributed by atoms with van der Waals surface area (Å²) in [6, 6.07) is 13.0. The van der Waals surface area contributed by atoms with Crippen LogP contribution in [0.4, 0.5) is 0 Å². The summed E-state index contributed by atoms with van der Waals surface area (Å²) in [5.41, 5.74) is 1.89. The van der Waals surface area contributed by atoms with Crippen molar-refractivity contribution >= 4 is 5.91 Å². The number of nitrogens with one attached hydrogen (secondary N) is 1. The summed E-state index contributed by atoms with van der Waals surface area (Å²) >= 11 is 0. The van der Waals surface area contributed by atoms with Crippen LogP contribution in [0.1, 0.15) is 47.8 Å². The van der Waals surface area contributed by atoms with Gasteiger partial charge in [-0.3, -0.25) is 14.4 Å². The molecule has 150 valence electrons. The molecule has 1 amide bonds. The third kappa shape index (κ3) is 4.45. The van der Waals surface area contributed by atoms with E-state index in [4.69, 9.17) is 0 Å². The second-order valence-electron chi connectivity index (χ2n) is 8.11. The molecule has 2 aliphatic heterocycles. The van der Waals surface area contributed by atoms with Gasteiger partial charge in [0.2, 0.25) is 0 Å². The van der Waals surface area contributed by atoms with Crippen molar-refractivity contribution in [2.24, 2.45) is 0 Å². The van der Waals surface area contributed by atoms with Crippen LogP contribution in [0.5, 0.6) is 0 Å². The van der Waals surface area contributed by atoms with Crippen molar-refractivity contribution in [2.45, 2.75) is 44.3 Å². The first-order valence-electron chi connectivity index (χ1n) is 10.5. The Labute approximate surface area is 167 Å². The van der Waals surface area contributed by atoms with Gasteiger partial charge < -0.3 is 10.2 Å². The second-order valence-corrected chi connectivity index (χ2v) is 8.11. The average Bonchev–Trinajstić information content (AvgIpc) is 3.24. The highest BCUT2D eigenvalue weighted by Crippen LogP contribution is 2.20. The van der Waals surface area contributed by atoms with Gasteiger partial charge in [0.15, 0.2) is 0 Å². The van der Waals surface area contributed by atoms with Crippen LogP contribution in [-0.4, -0.2) is 64.8 Å². The molecule has 0 bridgehead atoms. The number of likely N-dealkylation sites (tertiary alicyclic amines) is 1. The van der Waals surface area contributed by atoms with Gasteiger partial charge in [-0.15, -0.1) is 0 Å². The van der Waals surface area contributed by atoms with Crippen molar-refractivity contribution in [3.05, 3.63) is 53.9 Å². The number of amides is 1. The largest absolute Gasteiger partial charge is 0.336 e. The number of rotatable bonds is 5. The zero-order chi connectivity index (χ0) is 19.3. The molecule has 2 aromatic rings. The highest BCUT2D eigenvalue weighted by atomic mass is 16.2. The Hall–Kier alpha value is -2.18. The molecule has 2 unspecified atom stereocenters. The smallest absolute Gasteiger partial charge is 0.274 e. The summed E-state index contributed by atoms with van der Waals surface area (Å²) in [5, 5.41) is 8.02. The lowest BCUT2D eigenvalue weighted by Gasteiger charge is -2.37. The van der Waals surface area contributed by atoms with Crippen molar-refractivity contribution in [2.75, 3.05) is 33.2 Å². The molecular weight excluding hydrogens is 350 g/mol. The van der Waals surface area contributed by atoms with Gasteiger partial charge in [-0.1, -0.05) is 30.3 Å². The summed E-state index contributed by atoms with van der Waals surface area (Å²) in [4.78, 5) is 17.4. The van der Waals surface area contributed by atoms with Crippen LogP contribution in [-0.2, 0) is 6.54 Å². The summed E-state index contributed by atoms with van der Waals surface area (Å²) in [6.45, 7) is 4.97. The van der Waals surface area contributed by atoms with E-state index in [9.17, 15) is 4.79 Å². The Morgan fingerprint density at radius 1 is 1.21 bits per heavy atom. The number of nitrogens with zero attached hydrogens (tertiary/aromatic N) is 4. The van der Waals surface area contributed by atoms with Crippen molar-refractivity contribution in [1.29, 1.82) is 0 Å². The van der Waals surface area contributed by atoms with Gasteiger partial charge in [-0.25, -0.2) is 0 Å². The van der Waals surface area contributed by atoms with Crippen LogP contribution in [0.25, 0.3) is 0 Å². The lowest BCUT2D eigenvalue weighted by atomic mass is 10.0. The lowest BCUT2D eigenvalue weighted by molar-refractivity contribution is 0.0602. The number of carbonyl (C=O) groups is 1. The van der Waals surface area contributed by atoms with Crippen LogP contribution in [0.15, 0.2) is 42.6 Å². The predicted octanol–water partition coefficient (Wildman–Crippen LogP) is 2.54. The molecule has 2 atom stereocenters. The first-order chi connectivity index (χ1) is 13.7. The Bertz CT molecular complexity index is 768. The molecular formula is C22H31N5O. The van der Waals surface area contributed by atoms with Crippen molar-refractivity contribution in [3.8, 4) is 0 Å². The number of aromatic nitrogens is 2. The minimum absolute atomic E-state index is 0.0362. The maximum atomic E-state index is 13.0. The monoisotopic (exact) mass is 381 g/mol. The molecule has 0 spiro atoms. The summed E-state index contributed by atoms with van der Waals surface area (Å²) in [6.07, 6.45) is 6.42. The van der Waals surface area contributed by atoms with Crippen LogP contribution < -0.4 is 5.32 Å². The van der Waals surface area contributed by atoms with Crippen LogP contribution in [0, 0.1) is 0 Å². The fourth-order valence-electron chi connectivity index (χ4n) is 4.39. The van der Waals surface area contributed by atoms with E-state index in [0.29, 0.717) is 11.7 Å². The molecule has 2 aliphatic rings. The molecule has 2 fully saturated rings. The standard InChI is InChI=1S/C22H31N5O/c1-25(20-10-6-13-26(17-20)16-18-7-3-2-4-8-18)22(28)21-11-14-27(24-21)19-9-5-12-23-15-19/h2-4,7-8,11,14,19-20,23H,5-6,9-10,12-13,15-17H2,1H3. The first kappa shape index (κ1) is 19.2. The minimum Gasteiger partial charge on any atom is -0.336 e. The van der Waals surface area contributed by atoms with Crippen molar-refractivity contribution in [3.63, 3.8) is 0 Å². The zero-order valence-electron chi connectivity index (χ0n) is 16.8. The molecule has 2 saturated heterocycles. The van der Waals surface area contributed by atoms with Crippen molar-refractivity contribution < 1.29 is 4.79 Å². The summed E-state index contributed by atoms with van der Waals surface area (Å²) < 4.78 is 1.97. The molecule has 1 aromatic carbocycles. The molecule has 28 heavy (non-hydrogen) atoms. The number of carbonyl (C=O) groups excluding carboxylic acids is 1. The van der Waals surface area contributed by atoms with Crippen molar-refractivity contribution in [1.82, 2.24) is 24.9 Å². The van der Waals surface area contributed by atoms with E-state index in [1.165, 1.54) is 5.56 Å². The van der Waals surface area contributed by atoms with Gasteiger partial charge in [-0.2, -0.15) is 5.10 Å². The van der Waals surface area contributed by atoms with Gasteiger partial charge in [-0.05, 0) is 50.4 Å². The van der Waals surface area contributed by atoms with E-state index < -0.39 is 0 Å². The normalized spacial score (nSPS) is 23.5. The molecule has 0 radical (unpaired) electrons. The van der Waals surface area contributed by atoms with E-state index >= 15 is 0 Å². The SMILES string of the molecule is CN(C(=O)c1ccn(C2CCCNC2)n1)C1CCCN(Cc2ccccc2)C1. The maximum absolute atomic E-state index is 13.0. The number of likely N-dealkylation sites (N-methyl/N-ethyl adjacent to an activating group) is 1. The fourth-order valence-corrected chi connectivity index (χ4v) is 4.39. The maximum Gasteiger partial charge on any atom is 0.274 e. The molecule has 0 aliphatic carbocycles. The average molecular weight is 382 g/mol. The molecule has 4 rings (SSSR count). The van der Waals surface area contributed by atoms with Gasteiger partial charge in [0.05, 0.1) is 6.04 Å². The van der Waals surface area contributed by atoms with E-state index in [1.807, 2.05) is 28.9 Å². The third-order valence-electron chi connectivity index (χ3n) is 6.07. The Morgan fingerprint density at radius 3 is 2.86 bits per heavy atom. The third-order valence-corrected chi connectivity index (χ3v) is 6.07. The fraction of sp³-hybridized carbons (Fsp3) is 0.545. The van der Waals surface area contributed by atoms with Gasteiger partial charge in [0.1, 0.15) is 5.69 Å². The Kier molecular flexibility index (Phi) is 6.07. The van der Waals surface area contributed by atoms with Crippen LogP contribution >= 0.6 is 0 Å². The zero-order valence-corrected chi connectivity index (χ0v) is 16.8. The van der Waals surface area contributed by atoms with Gasteiger partial charge >= 0.3 is 0 Å². The second kappa shape index (κ2) is 8.88. The highest BCUT2D eigenvalue weighted by Gasteiger charge is 2.28. The van der Waals surface area contributed by atoms with E-state index in [0.717, 1.165) is 58.4 Å². The molecule has 1 aromatic heterocycles. The number of hydrogen-bond acceptors (Lipinski definition) is 4. The summed E-state index contributed by atoms with van der Waals surface area (Å²) in [5.74, 6) is 0.0362. The topological polar surface area (TPSA) is 53.4 Å². The molecule has 3 heterocycles. The summed E-state index contributed by atoms with van der Waals surface area (Å²) in [7, 11) is 1.93. The Morgan fingerprint density at radius 2 is 2.07 bits per heavy atom. The number of hydrogen-bond donors (Lipinski definition) is 1. The first-order valence-corrected chi connectivity index (χ1v) is 10.5. The van der Waals surface area contributed by atoms with Gasteiger partial charge in [0.25, 0.3) is 5.91 Å². The van der Waals surface area contributed by atoms with E-state index in [2.05, 4.69) is 45.6 Å². The predicted molar refractivity (Wildman–Crippen MR) is 110 cm³/mol. The molecule has 6 heteroatoms. The van der Waals surface area contributed by atoms with E-state index in [1.54, 1.807) is 0 Å². The van der Waals surface area contributed by atoms with Gasteiger partial charge in [0, 0.05) is 38.9 Å². The molecule has 1 N–H and O–H groups in total. The Balaban J connectivity index is 1.37. The molecule has 6 nitrogen and oxygen atoms in total. The number of piperidine rings is 2. The minimum atomic E-state index is 0.0362. The quantitative estimate of drug-likeness (QED) is 0.865. The lowest BCUT2D eigenvalue weighted by Crippen LogP contribution is -2.48. The molecule has 0 saturated carbocycles. The van der Waals surface area contributed by atoms with Crippen LogP contribution in [0.2, 0.25) is 0 Å². The highest BCUT2D eigenvalue weighted by molar-refractivity contribution is 5.92. The van der Waals surface area contributed by atoms with E-state index in [-0.39, 0.29) is 11.9 Å². The van der Waals surface area contributed by atoms with Crippen LogP contribution in [0.3, 0.4) is 0 Å². The number of benzene rings is 1.